The first-order chi connectivity index (χ1) is 15.2. The Morgan fingerprint density at radius 2 is 1.35 bits per heavy atom. The van der Waals surface area contributed by atoms with Crippen molar-refractivity contribution in [1.82, 2.24) is 0 Å². The number of unbranched alkanes of at least 4 members (excludes halogenated alkanes) is 2. The largest absolute Gasteiger partial charge is 0.294 e. The molecule has 0 amide bonds. The maximum Gasteiger partial charge on any atom is 0.165 e. The zero-order valence-electron chi connectivity index (χ0n) is 20.1. The van der Waals surface area contributed by atoms with Crippen LogP contribution >= 0.6 is 0 Å². The molecule has 1 aromatic carbocycles. The SMILES string of the molecule is CCCCCC1CCC(C2CCC(c3ccc(C(=O)C4CCCCC4)cc3)CC2)CC1. The van der Waals surface area contributed by atoms with Crippen LogP contribution in [0.2, 0.25) is 0 Å². The molecule has 1 nitrogen and oxygen atoms in total. The van der Waals surface area contributed by atoms with E-state index in [2.05, 4.69) is 31.2 Å². The Labute approximate surface area is 191 Å². The van der Waals surface area contributed by atoms with Crippen molar-refractivity contribution < 1.29 is 4.79 Å². The lowest BCUT2D eigenvalue weighted by Crippen LogP contribution is -2.25. The number of carbonyl (C=O) groups is 1. The highest BCUT2D eigenvalue weighted by molar-refractivity contribution is 5.97. The van der Waals surface area contributed by atoms with Crippen LogP contribution in [-0.4, -0.2) is 5.78 Å². The average Bonchev–Trinajstić information content (AvgIpc) is 2.85. The normalized spacial score (nSPS) is 30.2. The van der Waals surface area contributed by atoms with Crippen LogP contribution < -0.4 is 0 Å². The van der Waals surface area contributed by atoms with Crippen molar-refractivity contribution in [3.05, 3.63) is 35.4 Å². The standard InChI is InChI=1S/C30H46O/c1-2-3-5-8-23-11-13-24(14-12-23)25-15-17-26(18-16-25)27-19-21-29(22-20-27)30(31)28-9-6-4-7-10-28/h19-26,28H,2-18H2,1H3. The van der Waals surface area contributed by atoms with Crippen molar-refractivity contribution in [3.63, 3.8) is 0 Å². The highest BCUT2D eigenvalue weighted by atomic mass is 16.1. The summed E-state index contributed by atoms with van der Waals surface area (Å²) in [4.78, 5) is 12.8. The molecule has 0 N–H and O–H groups in total. The van der Waals surface area contributed by atoms with Gasteiger partial charge in [-0.1, -0.05) is 89.0 Å². The Morgan fingerprint density at radius 3 is 1.97 bits per heavy atom. The van der Waals surface area contributed by atoms with E-state index in [1.165, 1.54) is 102 Å². The Balaban J connectivity index is 1.21. The summed E-state index contributed by atoms with van der Waals surface area (Å²) in [5.41, 5.74) is 2.44. The Kier molecular flexibility index (Phi) is 8.68. The number of carbonyl (C=O) groups excluding carboxylic acids is 1. The van der Waals surface area contributed by atoms with Crippen LogP contribution in [-0.2, 0) is 0 Å². The fourth-order valence-electron chi connectivity index (χ4n) is 7.08. The molecule has 3 aliphatic rings. The molecule has 0 radical (unpaired) electrons. The molecule has 0 atom stereocenters. The maximum absolute atomic E-state index is 12.8. The second-order valence-corrected chi connectivity index (χ2v) is 11.2. The van der Waals surface area contributed by atoms with E-state index < -0.39 is 0 Å². The first kappa shape index (κ1) is 23.1. The molecule has 0 aromatic heterocycles. The molecule has 3 fully saturated rings. The van der Waals surface area contributed by atoms with Gasteiger partial charge >= 0.3 is 0 Å². The van der Waals surface area contributed by atoms with Crippen molar-refractivity contribution in [2.24, 2.45) is 23.7 Å². The van der Waals surface area contributed by atoms with E-state index in [9.17, 15) is 4.79 Å². The zero-order valence-corrected chi connectivity index (χ0v) is 20.1. The summed E-state index contributed by atoms with van der Waals surface area (Å²) in [5, 5.41) is 0. The van der Waals surface area contributed by atoms with Gasteiger partial charge in [0.1, 0.15) is 0 Å². The minimum absolute atomic E-state index is 0.289. The van der Waals surface area contributed by atoms with Gasteiger partial charge in [0.15, 0.2) is 5.78 Å². The van der Waals surface area contributed by atoms with Gasteiger partial charge in [0.2, 0.25) is 0 Å². The molecule has 0 heterocycles. The summed E-state index contributed by atoms with van der Waals surface area (Å²) < 4.78 is 0. The zero-order chi connectivity index (χ0) is 21.5. The highest BCUT2D eigenvalue weighted by Crippen LogP contribution is 2.44. The summed E-state index contributed by atoms with van der Waals surface area (Å²) in [6, 6.07) is 8.83. The topological polar surface area (TPSA) is 17.1 Å². The van der Waals surface area contributed by atoms with Gasteiger partial charge in [-0.15, -0.1) is 0 Å². The van der Waals surface area contributed by atoms with E-state index in [1.54, 1.807) is 0 Å². The predicted molar refractivity (Wildman–Crippen MR) is 132 cm³/mol. The number of rotatable bonds is 8. The van der Waals surface area contributed by atoms with Crippen LogP contribution in [0.1, 0.15) is 138 Å². The maximum atomic E-state index is 12.8. The van der Waals surface area contributed by atoms with Gasteiger partial charge in [0, 0.05) is 11.5 Å². The lowest BCUT2D eigenvalue weighted by Gasteiger charge is -2.38. The van der Waals surface area contributed by atoms with Gasteiger partial charge in [-0.05, 0) is 80.6 Å². The van der Waals surface area contributed by atoms with Crippen LogP contribution in [0.4, 0.5) is 0 Å². The van der Waals surface area contributed by atoms with Crippen LogP contribution in [0.3, 0.4) is 0 Å². The third-order valence-electron chi connectivity index (χ3n) is 9.19. The summed E-state index contributed by atoms with van der Waals surface area (Å²) in [7, 11) is 0. The molecule has 31 heavy (non-hydrogen) atoms. The van der Waals surface area contributed by atoms with Crippen molar-refractivity contribution in [3.8, 4) is 0 Å². The van der Waals surface area contributed by atoms with Gasteiger partial charge in [-0.25, -0.2) is 0 Å². The first-order valence-electron chi connectivity index (χ1n) is 13.9. The first-order valence-corrected chi connectivity index (χ1v) is 13.9. The minimum Gasteiger partial charge on any atom is -0.294 e. The number of hydrogen-bond donors (Lipinski definition) is 0. The fourth-order valence-corrected chi connectivity index (χ4v) is 7.08. The smallest absolute Gasteiger partial charge is 0.165 e. The van der Waals surface area contributed by atoms with Crippen LogP contribution in [0.15, 0.2) is 24.3 Å². The number of Topliss-reactive ketones (excluding diaryl/α,β-unsaturated/α-hetero) is 1. The second kappa shape index (κ2) is 11.7. The van der Waals surface area contributed by atoms with Crippen LogP contribution in [0.5, 0.6) is 0 Å². The fraction of sp³-hybridized carbons (Fsp3) is 0.767. The van der Waals surface area contributed by atoms with E-state index in [4.69, 9.17) is 0 Å². The van der Waals surface area contributed by atoms with Crippen LogP contribution in [0.25, 0.3) is 0 Å². The van der Waals surface area contributed by atoms with E-state index in [0.717, 1.165) is 42.1 Å². The molecule has 1 heteroatoms. The van der Waals surface area contributed by atoms with Gasteiger partial charge in [0.05, 0.1) is 0 Å². The lowest BCUT2D eigenvalue weighted by molar-refractivity contribution is 0.0889. The van der Waals surface area contributed by atoms with Gasteiger partial charge in [-0.3, -0.25) is 4.79 Å². The number of hydrogen-bond acceptors (Lipinski definition) is 1. The molecule has 0 aliphatic heterocycles. The molecule has 4 rings (SSSR count). The molecular weight excluding hydrogens is 376 g/mol. The minimum atomic E-state index is 0.289. The molecule has 0 saturated heterocycles. The monoisotopic (exact) mass is 422 g/mol. The summed E-state index contributed by atoms with van der Waals surface area (Å²) in [5.74, 6) is 4.45. The van der Waals surface area contributed by atoms with Gasteiger partial charge < -0.3 is 0 Å². The van der Waals surface area contributed by atoms with Crippen molar-refractivity contribution in [2.75, 3.05) is 0 Å². The van der Waals surface area contributed by atoms with Gasteiger partial charge in [0.25, 0.3) is 0 Å². The Hall–Kier alpha value is -1.11. The predicted octanol–water partition coefficient (Wildman–Crippen LogP) is 9.11. The number of benzene rings is 1. The van der Waals surface area contributed by atoms with Crippen molar-refractivity contribution in [2.45, 2.75) is 122 Å². The molecule has 0 unspecified atom stereocenters. The summed E-state index contributed by atoms with van der Waals surface area (Å²) >= 11 is 0. The van der Waals surface area contributed by atoms with E-state index in [0.29, 0.717) is 5.78 Å². The molecule has 3 saturated carbocycles. The van der Waals surface area contributed by atoms with Crippen molar-refractivity contribution in [1.29, 1.82) is 0 Å². The number of ketones is 1. The summed E-state index contributed by atoms with van der Waals surface area (Å²) in [6.45, 7) is 2.32. The highest BCUT2D eigenvalue weighted by Gasteiger charge is 2.31. The van der Waals surface area contributed by atoms with Crippen molar-refractivity contribution >= 4 is 5.78 Å². The quantitative estimate of drug-likeness (QED) is 0.301. The molecule has 1 aromatic rings. The molecular formula is C30H46O. The molecule has 3 aliphatic carbocycles. The van der Waals surface area contributed by atoms with E-state index >= 15 is 0 Å². The second-order valence-electron chi connectivity index (χ2n) is 11.2. The van der Waals surface area contributed by atoms with E-state index in [-0.39, 0.29) is 5.92 Å². The van der Waals surface area contributed by atoms with Crippen LogP contribution in [0, 0.1) is 23.7 Å². The van der Waals surface area contributed by atoms with E-state index in [1.807, 2.05) is 0 Å². The molecule has 172 valence electrons. The Bertz CT molecular complexity index is 652. The average molecular weight is 423 g/mol. The Morgan fingerprint density at radius 1 is 0.742 bits per heavy atom. The molecule has 0 bridgehead atoms. The van der Waals surface area contributed by atoms with Gasteiger partial charge in [-0.2, -0.15) is 0 Å². The molecule has 0 spiro atoms. The third-order valence-corrected chi connectivity index (χ3v) is 9.19. The summed E-state index contributed by atoms with van der Waals surface area (Å²) in [6.07, 6.45) is 23.3. The lowest BCUT2D eigenvalue weighted by atomic mass is 9.68. The third kappa shape index (κ3) is 6.23.